The van der Waals surface area contributed by atoms with Crippen molar-refractivity contribution in [1.82, 2.24) is 0 Å². The highest BCUT2D eigenvalue weighted by Gasteiger charge is 2.15. The van der Waals surface area contributed by atoms with Crippen molar-refractivity contribution in [2.45, 2.75) is 13.8 Å². The highest BCUT2D eigenvalue weighted by atomic mass is 79.9. The van der Waals surface area contributed by atoms with Gasteiger partial charge in [0.25, 0.3) is 0 Å². The molecule has 0 heterocycles. The number of benzene rings is 1. The summed E-state index contributed by atoms with van der Waals surface area (Å²) in [6, 6.07) is 9.32. The van der Waals surface area contributed by atoms with Gasteiger partial charge in [-0.05, 0) is 31.1 Å². The monoisotopic (exact) mass is 293 g/mol. The van der Waals surface area contributed by atoms with Crippen molar-refractivity contribution in [2.75, 3.05) is 6.61 Å². The fraction of sp³-hybridized carbons (Fsp3) is 0.231. The van der Waals surface area contributed by atoms with Crippen LogP contribution in [0.15, 0.2) is 34.3 Å². The van der Waals surface area contributed by atoms with E-state index in [0.29, 0.717) is 5.57 Å². The zero-order valence-electron chi connectivity index (χ0n) is 9.66. The summed E-state index contributed by atoms with van der Waals surface area (Å²) < 4.78 is 5.68. The van der Waals surface area contributed by atoms with E-state index in [2.05, 4.69) is 15.9 Å². The summed E-state index contributed by atoms with van der Waals surface area (Å²) >= 11 is 3.39. The van der Waals surface area contributed by atoms with Crippen molar-refractivity contribution in [2.24, 2.45) is 0 Å². The maximum atomic E-state index is 11.6. The smallest absolute Gasteiger partial charge is 0.349 e. The van der Waals surface area contributed by atoms with Crippen LogP contribution in [0.5, 0.6) is 0 Å². The third-order valence-electron chi connectivity index (χ3n) is 2.24. The summed E-state index contributed by atoms with van der Waals surface area (Å²) in [7, 11) is 0. The van der Waals surface area contributed by atoms with E-state index in [0.717, 1.165) is 10.0 Å². The van der Waals surface area contributed by atoms with Gasteiger partial charge in [-0.15, -0.1) is 0 Å². The number of carbonyl (C=O) groups excluding carboxylic acids is 1. The predicted molar refractivity (Wildman–Crippen MR) is 69.0 cm³/mol. The summed E-state index contributed by atoms with van der Waals surface area (Å²) in [5.74, 6) is -0.580. The first-order valence-corrected chi connectivity index (χ1v) is 5.94. The normalized spacial score (nSPS) is 11.4. The Hall–Kier alpha value is -1.60. The zero-order valence-corrected chi connectivity index (χ0v) is 11.2. The fourth-order valence-electron chi connectivity index (χ4n) is 1.39. The lowest BCUT2D eigenvalue weighted by atomic mass is 10.0. The van der Waals surface area contributed by atoms with Crippen LogP contribution >= 0.6 is 15.9 Å². The maximum absolute atomic E-state index is 11.6. The van der Waals surface area contributed by atoms with Crippen LogP contribution in [0.3, 0.4) is 0 Å². The van der Waals surface area contributed by atoms with Gasteiger partial charge in [0.05, 0.1) is 6.61 Å². The third kappa shape index (κ3) is 3.18. The first-order chi connectivity index (χ1) is 8.11. The quantitative estimate of drug-likeness (QED) is 0.488. The zero-order chi connectivity index (χ0) is 12.8. The summed E-state index contributed by atoms with van der Waals surface area (Å²) in [4.78, 5) is 11.6. The predicted octanol–water partition coefficient (Wildman–Crippen LogP) is 3.31. The molecule has 0 fully saturated rings. The molecule has 0 amide bonds. The van der Waals surface area contributed by atoms with Crippen molar-refractivity contribution in [1.29, 1.82) is 5.26 Å². The number of allylic oxidation sites excluding steroid dienone is 1. The lowest BCUT2D eigenvalue weighted by Gasteiger charge is -2.07. The van der Waals surface area contributed by atoms with Crippen LogP contribution in [0.1, 0.15) is 19.4 Å². The molecule has 0 N–H and O–H groups in total. The molecule has 0 saturated heterocycles. The minimum absolute atomic E-state index is 0.0405. The van der Waals surface area contributed by atoms with E-state index >= 15 is 0 Å². The Bertz CT molecular complexity index is 500. The Labute approximate surface area is 109 Å². The van der Waals surface area contributed by atoms with Gasteiger partial charge in [0.1, 0.15) is 11.6 Å². The van der Waals surface area contributed by atoms with E-state index in [1.807, 2.05) is 30.3 Å². The number of hydrogen-bond acceptors (Lipinski definition) is 3. The first-order valence-electron chi connectivity index (χ1n) is 5.14. The number of carbonyl (C=O) groups is 1. The molecule has 0 spiro atoms. The molecule has 0 bridgehead atoms. The molecule has 0 aromatic heterocycles. The lowest BCUT2D eigenvalue weighted by molar-refractivity contribution is -0.137. The molecule has 0 atom stereocenters. The van der Waals surface area contributed by atoms with Gasteiger partial charge in [-0.3, -0.25) is 0 Å². The molecule has 88 valence electrons. The van der Waals surface area contributed by atoms with Gasteiger partial charge in [-0.1, -0.05) is 34.1 Å². The van der Waals surface area contributed by atoms with Crippen LogP contribution in [-0.4, -0.2) is 12.6 Å². The third-order valence-corrected chi connectivity index (χ3v) is 2.94. The minimum Gasteiger partial charge on any atom is -0.462 e. The number of ether oxygens (including phenoxy) is 1. The molecule has 1 rings (SSSR count). The number of hydrogen-bond donors (Lipinski definition) is 0. The highest BCUT2D eigenvalue weighted by Crippen LogP contribution is 2.26. The standard InChI is InChI=1S/C13H12BrNO2/c1-3-17-13(16)11(8-15)9(2)10-6-4-5-7-12(10)14/h4-7H,3H2,1-2H3. The van der Waals surface area contributed by atoms with Crippen LogP contribution in [0.25, 0.3) is 5.57 Å². The summed E-state index contributed by atoms with van der Waals surface area (Å²) in [6.07, 6.45) is 0. The van der Waals surface area contributed by atoms with E-state index in [1.165, 1.54) is 0 Å². The van der Waals surface area contributed by atoms with Crippen LogP contribution in [0, 0.1) is 11.3 Å². The second-order valence-corrected chi connectivity index (χ2v) is 4.17. The second-order valence-electron chi connectivity index (χ2n) is 3.31. The topological polar surface area (TPSA) is 50.1 Å². The van der Waals surface area contributed by atoms with Crippen molar-refractivity contribution in [3.8, 4) is 6.07 Å². The Morgan fingerprint density at radius 1 is 1.47 bits per heavy atom. The van der Waals surface area contributed by atoms with Crippen molar-refractivity contribution >= 4 is 27.5 Å². The average molecular weight is 294 g/mol. The van der Waals surface area contributed by atoms with Gasteiger partial charge < -0.3 is 4.74 Å². The SMILES string of the molecule is CCOC(=O)C(C#N)=C(C)c1ccccc1Br. The van der Waals surface area contributed by atoms with Crippen LogP contribution < -0.4 is 0 Å². The largest absolute Gasteiger partial charge is 0.462 e. The Morgan fingerprint density at radius 3 is 2.65 bits per heavy atom. The van der Waals surface area contributed by atoms with Crippen LogP contribution in [0.2, 0.25) is 0 Å². The van der Waals surface area contributed by atoms with E-state index in [9.17, 15) is 4.79 Å². The Morgan fingerprint density at radius 2 is 2.12 bits per heavy atom. The molecule has 4 heteroatoms. The summed E-state index contributed by atoms with van der Waals surface area (Å²) in [5, 5.41) is 9.02. The molecule has 0 aliphatic heterocycles. The number of nitriles is 1. The van der Waals surface area contributed by atoms with Gasteiger partial charge in [0.2, 0.25) is 0 Å². The molecule has 0 aliphatic carbocycles. The summed E-state index contributed by atoms with van der Waals surface area (Å²) in [5.41, 5.74) is 1.47. The van der Waals surface area contributed by atoms with Gasteiger partial charge >= 0.3 is 5.97 Å². The summed E-state index contributed by atoms with van der Waals surface area (Å²) in [6.45, 7) is 3.70. The van der Waals surface area contributed by atoms with Crippen molar-refractivity contribution in [3.05, 3.63) is 39.9 Å². The van der Waals surface area contributed by atoms with Gasteiger partial charge in [0.15, 0.2) is 0 Å². The number of halogens is 1. The van der Waals surface area contributed by atoms with E-state index in [4.69, 9.17) is 10.00 Å². The minimum atomic E-state index is -0.580. The number of nitrogens with zero attached hydrogens (tertiary/aromatic N) is 1. The molecule has 17 heavy (non-hydrogen) atoms. The van der Waals surface area contributed by atoms with Crippen molar-refractivity contribution < 1.29 is 9.53 Å². The lowest BCUT2D eigenvalue weighted by Crippen LogP contribution is -2.08. The average Bonchev–Trinajstić information content (AvgIpc) is 2.30. The molecule has 0 aliphatic rings. The van der Waals surface area contributed by atoms with E-state index in [1.54, 1.807) is 13.8 Å². The van der Waals surface area contributed by atoms with E-state index in [-0.39, 0.29) is 12.2 Å². The molecular formula is C13H12BrNO2. The Kier molecular flexibility index (Phi) is 4.92. The highest BCUT2D eigenvalue weighted by molar-refractivity contribution is 9.10. The Balaban J connectivity index is 3.24. The molecular weight excluding hydrogens is 282 g/mol. The molecule has 1 aromatic rings. The number of rotatable bonds is 3. The molecule has 1 aromatic carbocycles. The first kappa shape index (κ1) is 13.5. The van der Waals surface area contributed by atoms with Crippen molar-refractivity contribution in [3.63, 3.8) is 0 Å². The van der Waals surface area contributed by atoms with Gasteiger partial charge in [0, 0.05) is 4.47 Å². The maximum Gasteiger partial charge on any atom is 0.349 e. The van der Waals surface area contributed by atoms with Crippen LogP contribution in [-0.2, 0) is 9.53 Å². The molecule has 3 nitrogen and oxygen atoms in total. The van der Waals surface area contributed by atoms with E-state index < -0.39 is 5.97 Å². The molecule has 0 unspecified atom stereocenters. The number of esters is 1. The second kappa shape index (κ2) is 6.21. The van der Waals surface area contributed by atoms with Gasteiger partial charge in [-0.2, -0.15) is 5.26 Å². The van der Waals surface area contributed by atoms with Gasteiger partial charge in [-0.25, -0.2) is 4.79 Å². The molecule has 0 saturated carbocycles. The van der Waals surface area contributed by atoms with Crippen LogP contribution in [0.4, 0.5) is 0 Å². The molecule has 0 radical (unpaired) electrons. The fourth-order valence-corrected chi connectivity index (χ4v) is 1.97.